The first-order valence-electron chi connectivity index (χ1n) is 5.50. The Balaban J connectivity index is 2.40. The Morgan fingerprint density at radius 3 is 2.33 bits per heavy atom. The van der Waals surface area contributed by atoms with Gasteiger partial charge in [-0.25, -0.2) is 8.78 Å². The van der Waals surface area contributed by atoms with Crippen molar-refractivity contribution in [3.8, 4) is 0 Å². The lowest BCUT2D eigenvalue weighted by Crippen LogP contribution is -2.39. The number of methoxy groups -OCH3 is 1. The molecule has 0 aromatic carbocycles. The lowest BCUT2D eigenvalue weighted by Gasteiger charge is -2.28. The largest absolute Gasteiger partial charge is 0.384 e. The summed E-state index contributed by atoms with van der Waals surface area (Å²) in [5, 5.41) is 0. The Hall–Kier alpha value is -0.220. The summed E-state index contributed by atoms with van der Waals surface area (Å²) in [5.41, 5.74) is 0.163. The maximum absolute atomic E-state index is 12.9. The highest BCUT2D eigenvalue weighted by atomic mass is 19.3. The van der Waals surface area contributed by atoms with Gasteiger partial charge in [-0.2, -0.15) is 0 Å². The molecular formula is C11H21F2NO. The van der Waals surface area contributed by atoms with Crippen molar-refractivity contribution >= 4 is 0 Å². The van der Waals surface area contributed by atoms with E-state index >= 15 is 0 Å². The van der Waals surface area contributed by atoms with Crippen molar-refractivity contribution in [2.24, 2.45) is 5.41 Å². The molecule has 0 aliphatic heterocycles. The molecule has 2 nitrogen and oxygen atoms in total. The third kappa shape index (κ3) is 4.43. The van der Waals surface area contributed by atoms with Crippen LogP contribution in [0.5, 0.6) is 0 Å². The van der Waals surface area contributed by atoms with Gasteiger partial charge in [-0.1, -0.05) is 6.92 Å². The lowest BCUT2D eigenvalue weighted by molar-refractivity contribution is -0.0214. The van der Waals surface area contributed by atoms with Crippen LogP contribution in [0.1, 0.15) is 26.7 Å². The van der Waals surface area contributed by atoms with Crippen molar-refractivity contribution < 1.29 is 13.5 Å². The van der Waals surface area contributed by atoms with Gasteiger partial charge in [-0.3, -0.25) is 4.90 Å². The first-order chi connectivity index (χ1) is 6.91. The fraction of sp³-hybridized carbons (Fsp3) is 1.00. The zero-order valence-electron chi connectivity index (χ0n) is 9.85. The quantitative estimate of drug-likeness (QED) is 0.654. The Morgan fingerprint density at radius 1 is 1.40 bits per heavy atom. The summed E-state index contributed by atoms with van der Waals surface area (Å²) >= 11 is 0. The molecule has 1 rings (SSSR count). The minimum absolute atomic E-state index is 0.144. The molecule has 1 aliphatic rings. The minimum Gasteiger partial charge on any atom is -0.384 e. The predicted molar refractivity (Wildman–Crippen MR) is 56.3 cm³/mol. The van der Waals surface area contributed by atoms with E-state index in [1.165, 1.54) is 0 Å². The Labute approximate surface area is 90.6 Å². The average molecular weight is 221 g/mol. The summed E-state index contributed by atoms with van der Waals surface area (Å²) in [5.74, 6) is -2.60. The van der Waals surface area contributed by atoms with Crippen molar-refractivity contribution in [2.45, 2.75) is 32.6 Å². The van der Waals surface area contributed by atoms with Gasteiger partial charge < -0.3 is 4.74 Å². The second-order valence-electron chi connectivity index (χ2n) is 4.81. The number of halogens is 2. The molecule has 4 heteroatoms. The second-order valence-corrected chi connectivity index (χ2v) is 4.81. The summed E-state index contributed by atoms with van der Waals surface area (Å²) in [4.78, 5) is 1.83. The van der Waals surface area contributed by atoms with E-state index in [1.54, 1.807) is 7.11 Å². The fourth-order valence-corrected chi connectivity index (χ4v) is 1.98. The van der Waals surface area contributed by atoms with Gasteiger partial charge in [-0.15, -0.1) is 0 Å². The summed E-state index contributed by atoms with van der Waals surface area (Å²) < 4.78 is 30.9. The lowest BCUT2D eigenvalue weighted by atomic mass is 10.1. The highest BCUT2D eigenvalue weighted by Crippen LogP contribution is 2.46. The monoisotopic (exact) mass is 221 g/mol. The molecule has 1 fully saturated rings. The van der Waals surface area contributed by atoms with Gasteiger partial charge in [0.05, 0.1) is 13.2 Å². The summed E-state index contributed by atoms with van der Waals surface area (Å²) in [7, 11) is 1.67. The first-order valence-corrected chi connectivity index (χ1v) is 5.50. The number of alkyl halides is 2. The molecule has 0 bridgehead atoms. The maximum atomic E-state index is 12.9. The molecule has 0 spiro atoms. The molecule has 0 aromatic heterocycles. The predicted octanol–water partition coefficient (Wildman–Crippen LogP) is 2.39. The highest BCUT2D eigenvalue weighted by molar-refractivity contribution is 4.95. The molecule has 0 unspecified atom stereocenters. The third-order valence-corrected chi connectivity index (χ3v) is 2.92. The van der Waals surface area contributed by atoms with E-state index in [-0.39, 0.29) is 12.0 Å². The summed E-state index contributed by atoms with van der Waals surface area (Å²) in [6.45, 7) is 4.86. The normalized spacial score (nSPS) is 19.6. The molecule has 0 N–H and O–H groups in total. The van der Waals surface area contributed by atoms with Crippen LogP contribution in [0.4, 0.5) is 8.78 Å². The number of nitrogens with zero attached hydrogens (tertiary/aromatic N) is 1. The first kappa shape index (κ1) is 12.8. The molecule has 0 amide bonds. The van der Waals surface area contributed by atoms with E-state index in [1.807, 2.05) is 11.8 Å². The van der Waals surface area contributed by atoms with Crippen LogP contribution in [0.15, 0.2) is 0 Å². The Kier molecular flexibility index (Phi) is 4.06. The van der Waals surface area contributed by atoms with Crippen molar-refractivity contribution in [1.82, 2.24) is 4.90 Å². The van der Waals surface area contributed by atoms with Crippen LogP contribution in [0.25, 0.3) is 0 Å². The number of rotatable bonds is 7. The van der Waals surface area contributed by atoms with Crippen LogP contribution in [0.3, 0.4) is 0 Å². The van der Waals surface area contributed by atoms with Crippen LogP contribution in [0.2, 0.25) is 0 Å². The average Bonchev–Trinajstić information content (AvgIpc) is 2.82. The van der Waals surface area contributed by atoms with Gasteiger partial charge >= 0.3 is 0 Å². The smallest absolute Gasteiger partial charge is 0.257 e. The van der Waals surface area contributed by atoms with E-state index in [9.17, 15) is 8.78 Å². The standard InChI is InChI=1S/C11H21F2NO/c1-4-14(7-10(2,12)13)8-11(5-6-11)9-15-3/h4-9H2,1-3H3. The maximum Gasteiger partial charge on any atom is 0.257 e. The molecule has 0 aromatic rings. The topological polar surface area (TPSA) is 12.5 Å². The zero-order chi connectivity index (χ0) is 11.5. The van der Waals surface area contributed by atoms with Crippen LogP contribution < -0.4 is 0 Å². The van der Waals surface area contributed by atoms with Gasteiger partial charge in [-0.05, 0) is 19.4 Å². The van der Waals surface area contributed by atoms with Crippen LogP contribution >= 0.6 is 0 Å². The Morgan fingerprint density at radius 2 is 2.00 bits per heavy atom. The molecule has 90 valence electrons. The Bertz CT molecular complexity index is 199. The second kappa shape index (κ2) is 4.74. The molecule has 15 heavy (non-hydrogen) atoms. The van der Waals surface area contributed by atoms with Gasteiger partial charge in [0.25, 0.3) is 5.92 Å². The zero-order valence-corrected chi connectivity index (χ0v) is 9.85. The van der Waals surface area contributed by atoms with E-state index in [4.69, 9.17) is 4.74 Å². The molecule has 0 radical (unpaired) electrons. The minimum atomic E-state index is -2.60. The van der Waals surface area contributed by atoms with Crippen molar-refractivity contribution in [3.05, 3.63) is 0 Å². The molecule has 0 atom stereocenters. The van der Waals surface area contributed by atoms with Crippen molar-refractivity contribution in [2.75, 3.05) is 33.4 Å². The molecular weight excluding hydrogens is 200 g/mol. The van der Waals surface area contributed by atoms with Crippen LogP contribution in [0, 0.1) is 5.41 Å². The SMILES string of the molecule is CCN(CC(C)(F)F)CC1(COC)CC1. The number of hydrogen-bond acceptors (Lipinski definition) is 2. The van der Waals surface area contributed by atoms with Gasteiger partial charge in [0, 0.05) is 26.0 Å². The van der Waals surface area contributed by atoms with E-state index < -0.39 is 5.92 Å². The summed E-state index contributed by atoms with van der Waals surface area (Å²) in [6, 6.07) is 0. The van der Waals surface area contributed by atoms with Crippen LogP contribution in [-0.4, -0.2) is 44.2 Å². The summed E-state index contributed by atoms with van der Waals surface area (Å²) in [6.07, 6.45) is 2.21. The molecule has 1 saturated carbocycles. The highest BCUT2D eigenvalue weighted by Gasteiger charge is 2.44. The third-order valence-electron chi connectivity index (χ3n) is 2.92. The molecule has 1 aliphatic carbocycles. The molecule has 0 heterocycles. The van der Waals surface area contributed by atoms with E-state index in [2.05, 4.69) is 0 Å². The van der Waals surface area contributed by atoms with Crippen LogP contribution in [-0.2, 0) is 4.74 Å². The molecule has 0 saturated heterocycles. The number of hydrogen-bond donors (Lipinski definition) is 0. The van der Waals surface area contributed by atoms with E-state index in [0.29, 0.717) is 13.2 Å². The van der Waals surface area contributed by atoms with Gasteiger partial charge in [0.15, 0.2) is 0 Å². The fourth-order valence-electron chi connectivity index (χ4n) is 1.98. The van der Waals surface area contributed by atoms with Gasteiger partial charge in [0.2, 0.25) is 0 Å². The van der Waals surface area contributed by atoms with Crippen molar-refractivity contribution in [1.29, 1.82) is 0 Å². The van der Waals surface area contributed by atoms with Gasteiger partial charge in [0.1, 0.15) is 0 Å². The van der Waals surface area contributed by atoms with E-state index in [0.717, 1.165) is 26.3 Å². The van der Waals surface area contributed by atoms with Crippen molar-refractivity contribution in [3.63, 3.8) is 0 Å². The number of ether oxygens (including phenoxy) is 1.